The van der Waals surface area contributed by atoms with Gasteiger partial charge in [-0.2, -0.15) is 4.98 Å². The third-order valence-corrected chi connectivity index (χ3v) is 3.97. The second kappa shape index (κ2) is 7.39. The molecule has 1 aromatic carbocycles. The smallest absolute Gasteiger partial charge is 0.240 e. The van der Waals surface area contributed by atoms with Crippen molar-refractivity contribution in [1.82, 2.24) is 15.0 Å². The van der Waals surface area contributed by atoms with Gasteiger partial charge in [-0.05, 0) is 43.7 Å². The van der Waals surface area contributed by atoms with Crippen LogP contribution in [0.3, 0.4) is 0 Å². The van der Waals surface area contributed by atoms with Crippen LogP contribution in [0.1, 0.15) is 31.0 Å². The van der Waals surface area contributed by atoms with Gasteiger partial charge in [-0.1, -0.05) is 11.6 Å². The highest BCUT2D eigenvalue weighted by Crippen LogP contribution is 2.19. The molecule has 1 aliphatic heterocycles. The fourth-order valence-corrected chi connectivity index (χ4v) is 2.77. The Morgan fingerprint density at radius 2 is 2.17 bits per heavy atom. The van der Waals surface area contributed by atoms with E-state index in [1.54, 1.807) is 0 Å². The molecule has 1 saturated heterocycles. The quantitative estimate of drug-likeness (QED) is 0.863. The van der Waals surface area contributed by atoms with Gasteiger partial charge >= 0.3 is 0 Å². The van der Waals surface area contributed by atoms with Crippen molar-refractivity contribution in [3.8, 4) is 5.75 Å². The van der Waals surface area contributed by atoms with Crippen LogP contribution in [-0.2, 0) is 17.9 Å². The first-order valence-electron chi connectivity index (χ1n) is 7.85. The third-order valence-electron chi connectivity index (χ3n) is 3.97. The summed E-state index contributed by atoms with van der Waals surface area (Å²) in [6, 6.07) is 5.40. The largest absolute Gasteiger partial charge is 0.485 e. The summed E-state index contributed by atoms with van der Waals surface area (Å²) in [5.74, 6) is 0.680. The summed E-state index contributed by atoms with van der Waals surface area (Å²) in [5, 5.41) is 3.86. The molecule has 0 radical (unpaired) electrons. The number of likely N-dealkylation sites (tertiary alicyclic amines) is 1. The predicted octanol–water partition coefficient (Wildman–Crippen LogP) is 1.63. The van der Waals surface area contributed by atoms with Crippen LogP contribution in [0.5, 0.6) is 5.75 Å². The van der Waals surface area contributed by atoms with Crippen molar-refractivity contribution in [2.24, 2.45) is 5.73 Å². The molecule has 0 aliphatic carbocycles. The van der Waals surface area contributed by atoms with E-state index in [1.807, 2.05) is 4.90 Å². The lowest BCUT2D eigenvalue weighted by atomic mass is 10.0. The number of halogens is 1. The average molecular weight is 334 g/mol. The molecule has 2 N–H and O–H groups in total. The summed E-state index contributed by atoms with van der Waals surface area (Å²) in [6.45, 7) is 1.28. The van der Waals surface area contributed by atoms with Crippen LogP contribution in [0.4, 0.5) is 4.39 Å². The van der Waals surface area contributed by atoms with Crippen molar-refractivity contribution in [2.75, 3.05) is 6.54 Å². The van der Waals surface area contributed by atoms with Crippen LogP contribution in [0.25, 0.3) is 0 Å². The van der Waals surface area contributed by atoms with Gasteiger partial charge in [0.15, 0.2) is 6.61 Å². The Hall–Kier alpha value is -2.48. The van der Waals surface area contributed by atoms with Gasteiger partial charge in [0.1, 0.15) is 11.6 Å². The number of hydrogen-bond acceptors (Lipinski definition) is 6. The third kappa shape index (κ3) is 4.08. The molecule has 8 heteroatoms. The number of aromatic nitrogens is 2. The second-order valence-electron chi connectivity index (χ2n) is 5.73. The maximum Gasteiger partial charge on any atom is 0.240 e. The number of nitrogens with zero attached hydrogens (tertiary/aromatic N) is 3. The first-order chi connectivity index (χ1) is 11.6. The standard InChI is InChI=1S/C16H19FN4O3/c17-11-4-6-12(7-5-11)23-10-14-19-15(24-20-14)9-21-8-2-1-3-13(21)16(18)22/h4-7,13H,1-3,8-10H2,(H2,18,22). The summed E-state index contributed by atoms with van der Waals surface area (Å²) < 4.78 is 23.5. The van der Waals surface area contributed by atoms with Gasteiger partial charge in [0, 0.05) is 0 Å². The summed E-state index contributed by atoms with van der Waals surface area (Å²) >= 11 is 0. The Bertz CT molecular complexity index is 689. The summed E-state index contributed by atoms with van der Waals surface area (Å²) in [5.41, 5.74) is 5.45. The van der Waals surface area contributed by atoms with E-state index in [0.29, 0.717) is 24.0 Å². The molecule has 128 valence electrons. The van der Waals surface area contributed by atoms with Gasteiger partial charge in [-0.15, -0.1) is 0 Å². The maximum absolute atomic E-state index is 12.8. The zero-order valence-electron chi connectivity index (χ0n) is 13.2. The molecule has 0 spiro atoms. The summed E-state index contributed by atoms with van der Waals surface area (Å²) in [4.78, 5) is 17.7. The van der Waals surface area contributed by atoms with Crippen LogP contribution in [0.2, 0.25) is 0 Å². The molecular weight excluding hydrogens is 315 g/mol. The number of piperidine rings is 1. The fourth-order valence-electron chi connectivity index (χ4n) is 2.77. The predicted molar refractivity (Wildman–Crippen MR) is 82.3 cm³/mol. The van der Waals surface area contributed by atoms with E-state index < -0.39 is 0 Å². The molecule has 24 heavy (non-hydrogen) atoms. The van der Waals surface area contributed by atoms with Gasteiger partial charge in [0.2, 0.25) is 17.6 Å². The van der Waals surface area contributed by atoms with Crippen LogP contribution in [-0.4, -0.2) is 33.5 Å². The highest BCUT2D eigenvalue weighted by molar-refractivity contribution is 5.79. The lowest BCUT2D eigenvalue weighted by Gasteiger charge is -2.32. The number of carbonyl (C=O) groups excluding carboxylic acids is 1. The number of benzene rings is 1. The molecule has 2 aromatic rings. The lowest BCUT2D eigenvalue weighted by molar-refractivity contribution is -0.124. The number of ether oxygens (including phenoxy) is 1. The lowest BCUT2D eigenvalue weighted by Crippen LogP contribution is -2.47. The van der Waals surface area contributed by atoms with E-state index in [-0.39, 0.29) is 24.4 Å². The molecule has 0 saturated carbocycles. The zero-order chi connectivity index (χ0) is 16.9. The van der Waals surface area contributed by atoms with Gasteiger partial charge in [0.25, 0.3) is 0 Å². The normalized spacial score (nSPS) is 18.5. The number of amides is 1. The van der Waals surface area contributed by atoms with Crippen LogP contribution in [0, 0.1) is 5.82 Å². The molecule has 0 bridgehead atoms. The molecule has 1 amide bonds. The number of hydrogen-bond donors (Lipinski definition) is 1. The van der Waals surface area contributed by atoms with E-state index in [4.69, 9.17) is 15.0 Å². The molecule has 1 unspecified atom stereocenters. The van der Waals surface area contributed by atoms with Crippen molar-refractivity contribution in [2.45, 2.75) is 38.5 Å². The van der Waals surface area contributed by atoms with Gasteiger partial charge in [-0.3, -0.25) is 9.69 Å². The van der Waals surface area contributed by atoms with Crippen molar-refractivity contribution in [3.63, 3.8) is 0 Å². The molecule has 1 aliphatic rings. The topological polar surface area (TPSA) is 94.5 Å². The maximum atomic E-state index is 12.8. The Labute approximate surface area is 138 Å². The summed E-state index contributed by atoms with van der Waals surface area (Å²) in [6.07, 6.45) is 2.76. The Morgan fingerprint density at radius 1 is 1.38 bits per heavy atom. The van der Waals surface area contributed by atoms with Crippen molar-refractivity contribution < 1.29 is 18.4 Å². The Balaban J connectivity index is 1.56. The van der Waals surface area contributed by atoms with E-state index in [9.17, 15) is 9.18 Å². The van der Waals surface area contributed by atoms with Gasteiger partial charge in [-0.25, -0.2) is 4.39 Å². The first-order valence-corrected chi connectivity index (χ1v) is 7.85. The molecule has 2 heterocycles. The monoisotopic (exact) mass is 334 g/mol. The second-order valence-corrected chi connectivity index (χ2v) is 5.73. The van der Waals surface area contributed by atoms with Crippen LogP contribution in [0.15, 0.2) is 28.8 Å². The minimum absolute atomic E-state index is 0.119. The SMILES string of the molecule is NC(=O)C1CCCCN1Cc1nc(COc2ccc(F)cc2)no1. The Morgan fingerprint density at radius 3 is 2.92 bits per heavy atom. The first kappa shape index (κ1) is 16.4. The fraction of sp³-hybridized carbons (Fsp3) is 0.438. The minimum Gasteiger partial charge on any atom is -0.485 e. The van der Waals surface area contributed by atoms with E-state index in [0.717, 1.165) is 25.8 Å². The van der Waals surface area contributed by atoms with Crippen molar-refractivity contribution >= 4 is 5.91 Å². The number of nitrogens with two attached hydrogens (primary N) is 1. The number of carbonyl (C=O) groups is 1. The summed E-state index contributed by atoms with van der Waals surface area (Å²) in [7, 11) is 0. The van der Waals surface area contributed by atoms with E-state index in [1.165, 1.54) is 24.3 Å². The molecular formula is C16H19FN4O3. The molecule has 1 aromatic heterocycles. The molecule has 7 nitrogen and oxygen atoms in total. The number of primary amides is 1. The molecule has 3 rings (SSSR count). The van der Waals surface area contributed by atoms with Crippen molar-refractivity contribution in [1.29, 1.82) is 0 Å². The number of rotatable bonds is 6. The highest BCUT2D eigenvalue weighted by atomic mass is 19.1. The minimum atomic E-state index is -0.325. The molecule has 1 fully saturated rings. The highest BCUT2D eigenvalue weighted by Gasteiger charge is 2.28. The van der Waals surface area contributed by atoms with E-state index >= 15 is 0 Å². The van der Waals surface area contributed by atoms with Crippen LogP contribution >= 0.6 is 0 Å². The average Bonchev–Trinajstić information content (AvgIpc) is 3.02. The van der Waals surface area contributed by atoms with Gasteiger partial charge in [0.05, 0.1) is 12.6 Å². The van der Waals surface area contributed by atoms with E-state index in [2.05, 4.69) is 10.1 Å². The zero-order valence-corrected chi connectivity index (χ0v) is 13.2. The van der Waals surface area contributed by atoms with Crippen LogP contribution < -0.4 is 10.5 Å². The van der Waals surface area contributed by atoms with Crippen molar-refractivity contribution in [3.05, 3.63) is 41.8 Å². The Kier molecular flexibility index (Phi) is 5.05. The van der Waals surface area contributed by atoms with Gasteiger partial charge < -0.3 is 15.0 Å². The molecule has 1 atom stereocenters.